The lowest BCUT2D eigenvalue weighted by Crippen LogP contribution is -2.39. The van der Waals surface area contributed by atoms with Crippen molar-refractivity contribution in [2.24, 2.45) is 11.8 Å². The Labute approximate surface area is 55.6 Å². The van der Waals surface area contributed by atoms with E-state index in [2.05, 4.69) is 12.2 Å². The summed E-state index contributed by atoms with van der Waals surface area (Å²) in [4.78, 5) is 10.8. The standard InChI is InChI=1S/C7H13NO/c1-5-3-6(2)7(9)8-4-5/h5-6H,3-4H2,1-2H3,(H,8,9)/t5?,6-/m1/s1. The van der Waals surface area contributed by atoms with Crippen LogP contribution in [0.1, 0.15) is 20.3 Å². The Balaban J connectivity index is 2.44. The number of hydrogen-bond donors (Lipinski definition) is 1. The van der Waals surface area contributed by atoms with Crippen molar-refractivity contribution in [1.82, 2.24) is 5.32 Å². The maximum Gasteiger partial charge on any atom is 0.222 e. The van der Waals surface area contributed by atoms with E-state index in [9.17, 15) is 4.79 Å². The molecule has 0 saturated carbocycles. The third kappa shape index (κ3) is 1.44. The van der Waals surface area contributed by atoms with Gasteiger partial charge in [-0.25, -0.2) is 0 Å². The average molecular weight is 127 g/mol. The van der Waals surface area contributed by atoms with Gasteiger partial charge in [0.2, 0.25) is 5.91 Å². The van der Waals surface area contributed by atoms with Gasteiger partial charge < -0.3 is 5.32 Å². The molecule has 1 saturated heterocycles. The first kappa shape index (κ1) is 6.59. The molecule has 1 rings (SSSR count). The van der Waals surface area contributed by atoms with E-state index in [1.54, 1.807) is 0 Å². The van der Waals surface area contributed by atoms with E-state index in [1.165, 1.54) is 0 Å². The zero-order valence-electron chi connectivity index (χ0n) is 5.98. The van der Waals surface area contributed by atoms with Crippen LogP contribution in [-0.4, -0.2) is 12.5 Å². The molecule has 0 bridgehead atoms. The van der Waals surface area contributed by atoms with Crippen LogP contribution in [0.15, 0.2) is 0 Å². The summed E-state index contributed by atoms with van der Waals surface area (Å²) in [7, 11) is 0. The van der Waals surface area contributed by atoms with Crippen molar-refractivity contribution in [3.05, 3.63) is 0 Å². The monoisotopic (exact) mass is 127 g/mol. The summed E-state index contributed by atoms with van der Waals surface area (Å²) in [5.41, 5.74) is 0. The van der Waals surface area contributed by atoms with Crippen LogP contribution in [0, 0.1) is 11.8 Å². The summed E-state index contributed by atoms with van der Waals surface area (Å²) in [5.74, 6) is 1.11. The van der Waals surface area contributed by atoms with E-state index in [-0.39, 0.29) is 11.8 Å². The van der Waals surface area contributed by atoms with Gasteiger partial charge in [-0.1, -0.05) is 13.8 Å². The molecule has 1 N–H and O–H groups in total. The number of nitrogens with one attached hydrogen (secondary N) is 1. The van der Waals surface area contributed by atoms with E-state index in [0.29, 0.717) is 5.92 Å². The molecule has 0 aliphatic carbocycles. The molecule has 0 aromatic heterocycles. The molecule has 2 atom stereocenters. The Morgan fingerprint density at radius 3 is 2.67 bits per heavy atom. The van der Waals surface area contributed by atoms with Crippen LogP contribution in [0.25, 0.3) is 0 Å². The molecule has 1 heterocycles. The Bertz CT molecular complexity index is 122. The van der Waals surface area contributed by atoms with E-state index in [1.807, 2.05) is 6.92 Å². The normalized spacial score (nSPS) is 36.0. The summed E-state index contributed by atoms with van der Waals surface area (Å²) in [6, 6.07) is 0. The van der Waals surface area contributed by atoms with Gasteiger partial charge in [0.25, 0.3) is 0 Å². The average Bonchev–Trinajstić information content (AvgIpc) is 1.80. The second-order valence-electron chi connectivity index (χ2n) is 2.99. The predicted molar refractivity (Wildman–Crippen MR) is 36.0 cm³/mol. The third-order valence-electron chi connectivity index (χ3n) is 1.83. The van der Waals surface area contributed by atoms with Gasteiger partial charge in [-0.3, -0.25) is 4.79 Å². The molecule has 0 aromatic rings. The number of rotatable bonds is 0. The summed E-state index contributed by atoms with van der Waals surface area (Å²) in [6.45, 7) is 5.00. The molecular formula is C7H13NO. The number of carbonyl (C=O) groups is 1. The first-order valence-electron chi connectivity index (χ1n) is 3.48. The SMILES string of the molecule is CC1CNC(=O)[C@H](C)C1. The van der Waals surface area contributed by atoms with Crippen molar-refractivity contribution >= 4 is 5.91 Å². The minimum atomic E-state index is 0.216. The largest absolute Gasteiger partial charge is 0.356 e. The first-order valence-corrected chi connectivity index (χ1v) is 3.48. The van der Waals surface area contributed by atoms with Crippen molar-refractivity contribution in [1.29, 1.82) is 0 Å². The highest BCUT2D eigenvalue weighted by molar-refractivity contribution is 5.78. The summed E-state index contributed by atoms with van der Waals surface area (Å²) in [6.07, 6.45) is 1.05. The quantitative estimate of drug-likeness (QED) is 0.512. The van der Waals surface area contributed by atoms with Crippen LogP contribution < -0.4 is 5.32 Å². The highest BCUT2D eigenvalue weighted by atomic mass is 16.1. The van der Waals surface area contributed by atoms with E-state index >= 15 is 0 Å². The van der Waals surface area contributed by atoms with Gasteiger partial charge in [-0.2, -0.15) is 0 Å². The minimum absolute atomic E-state index is 0.216. The topological polar surface area (TPSA) is 29.1 Å². The van der Waals surface area contributed by atoms with E-state index in [0.717, 1.165) is 13.0 Å². The summed E-state index contributed by atoms with van der Waals surface area (Å²) >= 11 is 0. The second-order valence-corrected chi connectivity index (χ2v) is 2.99. The highest BCUT2D eigenvalue weighted by Gasteiger charge is 2.21. The molecule has 2 nitrogen and oxygen atoms in total. The lowest BCUT2D eigenvalue weighted by atomic mass is 9.93. The molecule has 2 heteroatoms. The van der Waals surface area contributed by atoms with Crippen molar-refractivity contribution in [2.75, 3.05) is 6.54 Å². The smallest absolute Gasteiger partial charge is 0.222 e. The number of amides is 1. The second kappa shape index (κ2) is 2.38. The van der Waals surface area contributed by atoms with Gasteiger partial charge >= 0.3 is 0 Å². The first-order chi connectivity index (χ1) is 4.20. The van der Waals surface area contributed by atoms with Crippen LogP contribution in [0.4, 0.5) is 0 Å². The maximum absolute atomic E-state index is 10.8. The molecule has 1 unspecified atom stereocenters. The van der Waals surface area contributed by atoms with Crippen LogP contribution in [0.5, 0.6) is 0 Å². The maximum atomic E-state index is 10.8. The number of hydrogen-bond acceptors (Lipinski definition) is 1. The molecule has 52 valence electrons. The van der Waals surface area contributed by atoms with Gasteiger partial charge in [-0.15, -0.1) is 0 Å². The molecule has 0 spiro atoms. The molecule has 0 aromatic carbocycles. The zero-order chi connectivity index (χ0) is 6.85. The fourth-order valence-corrected chi connectivity index (χ4v) is 1.24. The minimum Gasteiger partial charge on any atom is -0.356 e. The Morgan fingerprint density at radius 1 is 1.56 bits per heavy atom. The van der Waals surface area contributed by atoms with Crippen LogP contribution in [0.3, 0.4) is 0 Å². The van der Waals surface area contributed by atoms with Crippen molar-refractivity contribution in [3.8, 4) is 0 Å². The Hall–Kier alpha value is -0.530. The lowest BCUT2D eigenvalue weighted by molar-refractivity contribution is -0.126. The molecule has 1 aliphatic rings. The number of carbonyl (C=O) groups excluding carboxylic acids is 1. The van der Waals surface area contributed by atoms with Crippen molar-refractivity contribution in [3.63, 3.8) is 0 Å². The summed E-state index contributed by atoms with van der Waals surface area (Å²) < 4.78 is 0. The Kier molecular flexibility index (Phi) is 1.74. The molecule has 1 fully saturated rings. The Morgan fingerprint density at radius 2 is 2.22 bits per heavy atom. The van der Waals surface area contributed by atoms with Gasteiger partial charge in [0.05, 0.1) is 0 Å². The molecule has 1 amide bonds. The number of piperidine rings is 1. The van der Waals surface area contributed by atoms with Crippen molar-refractivity contribution in [2.45, 2.75) is 20.3 Å². The van der Waals surface area contributed by atoms with Crippen LogP contribution in [0.2, 0.25) is 0 Å². The van der Waals surface area contributed by atoms with Gasteiger partial charge in [0.1, 0.15) is 0 Å². The van der Waals surface area contributed by atoms with Crippen LogP contribution >= 0.6 is 0 Å². The predicted octanol–water partition coefficient (Wildman–Crippen LogP) is 0.778. The van der Waals surface area contributed by atoms with Gasteiger partial charge in [0, 0.05) is 12.5 Å². The van der Waals surface area contributed by atoms with E-state index < -0.39 is 0 Å². The lowest BCUT2D eigenvalue weighted by Gasteiger charge is -2.23. The molecular weight excluding hydrogens is 114 g/mol. The van der Waals surface area contributed by atoms with Gasteiger partial charge in [-0.05, 0) is 12.3 Å². The van der Waals surface area contributed by atoms with E-state index in [4.69, 9.17) is 0 Å². The molecule has 9 heavy (non-hydrogen) atoms. The third-order valence-corrected chi connectivity index (χ3v) is 1.83. The van der Waals surface area contributed by atoms with Crippen LogP contribution in [-0.2, 0) is 4.79 Å². The highest BCUT2D eigenvalue weighted by Crippen LogP contribution is 2.15. The fourth-order valence-electron chi connectivity index (χ4n) is 1.24. The molecule has 0 radical (unpaired) electrons. The zero-order valence-corrected chi connectivity index (χ0v) is 5.98. The molecule has 1 aliphatic heterocycles. The summed E-state index contributed by atoms with van der Waals surface area (Å²) in [5, 5.41) is 2.84. The van der Waals surface area contributed by atoms with Crippen molar-refractivity contribution < 1.29 is 4.79 Å². The fraction of sp³-hybridized carbons (Fsp3) is 0.857. The van der Waals surface area contributed by atoms with Gasteiger partial charge in [0.15, 0.2) is 0 Å².